The number of carbonyl (C=O) groups excluding carboxylic acids is 1. The van der Waals surface area contributed by atoms with Gasteiger partial charge in [0.1, 0.15) is 6.04 Å². The maximum absolute atomic E-state index is 13.1. The van der Waals surface area contributed by atoms with Crippen LogP contribution in [0.2, 0.25) is 6.82 Å². The quantitative estimate of drug-likeness (QED) is 0.516. The molecule has 2 aliphatic heterocycles. The Morgan fingerprint density at radius 1 is 1.22 bits per heavy atom. The molecule has 1 unspecified atom stereocenters. The molecule has 32 heavy (non-hydrogen) atoms. The monoisotopic (exact) mass is 438 g/mol. The molecule has 9 heteroatoms. The Morgan fingerprint density at radius 2 is 1.97 bits per heavy atom. The highest BCUT2D eigenvalue weighted by atomic mass is 16.7. The third kappa shape index (κ3) is 5.79. The van der Waals surface area contributed by atoms with Gasteiger partial charge in [0.25, 0.3) is 0 Å². The molecular formula is C23H31BN4O4. The number of piperidine rings is 1. The van der Waals surface area contributed by atoms with Crippen LogP contribution in [0.25, 0.3) is 0 Å². The van der Waals surface area contributed by atoms with Gasteiger partial charge in [0.2, 0.25) is 12.7 Å². The number of amides is 1. The maximum Gasteiger partial charge on any atom is 0.376 e. The Kier molecular flexibility index (Phi) is 7.62. The minimum absolute atomic E-state index is 0.0791. The van der Waals surface area contributed by atoms with Gasteiger partial charge in [-0.05, 0) is 87.0 Å². The number of hydrogen-bond acceptors (Lipinski definition) is 7. The standard InChI is InChI=1S/C23H31BN4O4/c1-24(30)28-12-7-17(8-13-28)6-11-26-22(19-2-3-20-21(14-19)32-16-31-20)23(29)27-15-18-4-9-25-10-5-18/h2-5,9-10,14,17,22,26,30H,6-8,11-13,15-16H2,1H3,(H,27,29). The SMILES string of the molecule is CB(O)N1CCC(CCNC(C(=O)NCc2ccncc2)c2ccc3c(c2)OCO3)CC1. The summed E-state index contributed by atoms with van der Waals surface area (Å²) in [6.45, 7) is 5.04. The first-order valence-electron chi connectivity index (χ1n) is 11.3. The minimum atomic E-state index is -0.483. The van der Waals surface area contributed by atoms with Gasteiger partial charge in [0.15, 0.2) is 11.5 Å². The number of pyridine rings is 1. The number of benzene rings is 1. The van der Waals surface area contributed by atoms with Crippen molar-refractivity contribution in [2.75, 3.05) is 26.4 Å². The number of nitrogens with zero attached hydrogens (tertiary/aromatic N) is 2. The highest BCUT2D eigenvalue weighted by Gasteiger charge is 2.26. The van der Waals surface area contributed by atoms with E-state index >= 15 is 0 Å². The number of ether oxygens (including phenoxy) is 2. The van der Waals surface area contributed by atoms with Crippen LogP contribution in [0.5, 0.6) is 11.5 Å². The Morgan fingerprint density at radius 3 is 2.72 bits per heavy atom. The van der Waals surface area contributed by atoms with E-state index in [4.69, 9.17) is 9.47 Å². The van der Waals surface area contributed by atoms with Crippen molar-refractivity contribution < 1.29 is 19.3 Å². The fraction of sp³-hybridized carbons (Fsp3) is 0.478. The Labute approximate surface area is 189 Å². The summed E-state index contributed by atoms with van der Waals surface area (Å²) in [6.07, 6.45) is 6.56. The predicted octanol–water partition coefficient (Wildman–Crippen LogP) is 1.97. The minimum Gasteiger partial charge on any atom is -0.454 e. The van der Waals surface area contributed by atoms with Crippen LogP contribution in [-0.4, -0.2) is 54.2 Å². The van der Waals surface area contributed by atoms with Crippen molar-refractivity contribution in [1.29, 1.82) is 0 Å². The van der Waals surface area contributed by atoms with Gasteiger partial charge in [-0.2, -0.15) is 0 Å². The predicted molar refractivity (Wildman–Crippen MR) is 122 cm³/mol. The van der Waals surface area contributed by atoms with Gasteiger partial charge in [-0.1, -0.05) is 6.07 Å². The maximum atomic E-state index is 13.1. The van der Waals surface area contributed by atoms with Crippen molar-refractivity contribution in [3.05, 3.63) is 53.9 Å². The van der Waals surface area contributed by atoms with Crippen molar-refractivity contribution in [1.82, 2.24) is 20.4 Å². The van der Waals surface area contributed by atoms with E-state index in [1.165, 1.54) is 0 Å². The molecule has 0 spiro atoms. The van der Waals surface area contributed by atoms with E-state index in [1.54, 1.807) is 12.4 Å². The van der Waals surface area contributed by atoms with Crippen LogP contribution >= 0.6 is 0 Å². The summed E-state index contributed by atoms with van der Waals surface area (Å²) in [5.41, 5.74) is 1.85. The van der Waals surface area contributed by atoms with Crippen LogP contribution in [0.15, 0.2) is 42.7 Å². The number of fused-ring (bicyclic) bond motifs is 1. The molecule has 3 N–H and O–H groups in total. The van der Waals surface area contributed by atoms with Gasteiger partial charge < -0.3 is 29.9 Å². The topological polar surface area (TPSA) is 96.0 Å². The third-order valence-corrected chi connectivity index (χ3v) is 6.29. The second kappa shape index (κ2) is 10.8. The first kappa shape index (κ1) is 22.6. The third-order valence-electron chi connectivity index (χ3n) is 6.29. The molecule has 0 aliphatic carbocycles. The molecule has 1 aromatic heterocycles. The molecule has 3 heterocycles. The Bertz CT molecular complexity index is 891. The zero-order chi connectivity index (χ0) is 22.3. The van der Waals surface area contributed by atoms with Crippen molar-refractivity contribution in [2.24, 2.45) is 5.92 Å². The van der Waals surface area contributed by atoms with Crippen LogP contribution in [-0.2, 0) is 11.3 Å². The summed E-state index contributed by atoms with van der Waals surface area (Å²) in [4.78, 5) is 19.2. The highest BCUT2D eigenvalue weighted by molar-refractivity contribution is 6.45. The smallest absolute Gasteiger partial charge is 0.376 e. The van der Waals surface area contributed by atoms with E-state index < -0.39 is 6.04 Å². The van der Waals surface area contributed by atoms with Crippen LogP contribution in [0.1, 0.15) is 36.4 Å². The van der Waals surface area contributed by atoms with Crippen molar-refractivity contribution in [2.45, 2.75) is 38.7 Å². The molecule has 1 saturated heterocycles. The van der Waals surface area contributed by atoms with Crippen LogP contribution in [0.4, 0.5) is 0 Å². The number of carbonyl (C=O) groups is 1. The largest absolute Gasteiger partial charge is 0.454 e. The number of nitrogens with one attached hydrogen (secondary N) is 2. The summed E-state index contributed by atoms with van der Waals surface area (Å²) >= 11 is 0. The van der Waals surface area contributed by atoms with Gasteiger partial charge in [-0.15, -0.1) is 0 Å². The summed E-state index contributed by atoms with van der Waals surface area (Å²) in [7, 11) is -0.381. The molecule has 1 amide bonds. The van der Waals surface area contributed by atoms with Crippen molar-refractivity contribution in [3.63, 3.8) is 0 Å². The first-order chi connectivity index (χ1) is 15.6. The molecule has 0 saturated carbocycles. The van der Waals surface area contributed by atoms with E-state index in [0.717, 1.165) is 50.0 Å². The average molecular weight is 438 g/mol. The lowest BCUT2D eigenvalue weighted by Crippen LogP contribution is -2.43. The van der Waals surface area contributed by atoms with Gasteiger partial charge in [-0.3, -0.25) is 9.78 Å². The average Bonchev–Trinajstić information content (AvgIpc) is 3.29. The van der Waals surface area contributed by atoms with Crippen molar-refractivity contribution >= 4 is 13.0 Å². The number of hydrogen-bond donors (Lipinski definition) is 3. The number of rotatable bonds is 9. The molecule has 8 nitrogen and oxygen atoms in total. The summed E-state index contributed by atoms with van der Waals surface area (Å²) in [5.74, 6) is 1.88. The molecule has 1 atom stereocenters. The molecule has 0 radical (unpaired) electrons. The van der Waals surface area contributed by atoms with Crippen LogP contribution in [0, 0.1) is 5.92 Å². The second-order valence-electron chi connectivity index (χ2n) is 8.47. The molecule has 4 rings (SSSR count). The molecule has 170 valence electrons. The zero-order valence-corrected chi connectivity index (χ0v) is 18.5. The summed E-state index contributed by atoms with van der Waals surface area (Å²) in [6, 6.07) is 8.95. The molecule has 0 bridgehead atoms. The van der Waals surface area contributed by atoms with Crippen LogP contribution < -0.4 is 20.1 Å². The molecule has 1 fully saturated rings. The van der Waals surface area contributed by atoms with Gasteiger partial charge >= 0.3 is 7.05 Å². The Balaban J connectivity index is 1.37. The van der Waals surface area contributed by atoms with E-state index in [2.05, 4.69) is 20.4 Å². The normalized spacial score (nSPS) is 17.2. The lowest BCUT2D eigenvalue weighted by molar-refractivity contribution is -0.123. The lowest BCUT2D eigenvalue weighted by atomic mass is 9.80. The fourth-order valence-corrected chi connectivity index (χ4v) is 4.29. The Hall–Kier alpha value is -2.62. The zero-order valence-electron chi connectivity index (χ0n) is 18.5. The van der Waals surface area contributed by atoms with E-state index in [1.807, 2.05) is 37.2 Å². The van der Waals surface area contributed by atoms with Crippen molar-refractivity contribution in [3.8, 4) is 11.5 Å². The van der Waals surface area contributed by atoms with Gasteiger partial charge in [0, 0.05) is 18.9 Å². The van der Waals surface area contributed by atoms with Crippen LogP contribution in [0.3, 0.4) is 0 Å². The summed E-state index contributed by atoms with van der Waals surface area (Å²) < 4.78 is 10.9. The molecule has 1 aromatic carbocycles. The second-order valence-corrected chi connectivity index (χ2v) is 8.47. The van der Waals surface area contributed by atoms with E-state index in [-0.39, 0.29) is 19.8 Å². The molecule has 2 aliphatic rings. The summed E-state index contributed by atoms with van der Waals surface area (Å²) in [5, 5.41) is 16.2. The molecular weight excluding hydrogens is 407 g/mol. The molecule has 2 aromatic rings. The van der Waals surface area contributed by atoms with Gasteiger partial charge in [0.05, 0.1) is 0 Å². The van der Waals surface area contributed by atoms with E-state index in [9.17, 15) is 9.82 Å². The fourth-order valence-electron chi connectivity index (χ4n) is 4.29. The van der Waals surface area contributed by atoms with Gasteiger partial charge in [-0.25, -0.2) is 0 Å². The highest BCUT2D eigenvalue weighted by Crippen LogP contribution is 2.34. The number of aromatic nitrogens is 1. The van der Waals surface area contributed by atoms with E-state index in [0.29, 0.717) is 24.0 Å². The first-order valence-corrected chi connectivity index (χ1v) is 11.3. The lowest BCUT2D eigenvalue weighted by Gasteiger charge is -2.32.